The summed E-state index contributed by atoms with van der Waals surface area (Å²) < 4.78 is 44.5. The van der Waals surface area contributed by atoms with Gasteiger partial charge in [-0.05, 0) is 59.3 Å². The van der Waals surface area contributed by atoms with Gasteiger partial charge in [-0.2, -0.15) is 0 Å². The Morgan fingerprint density at radius 3 is 2.31 bits per heavy atom. The summed E-state index contributed by atoms with van der Waals surface area (Å²) in [4.78, 5) is 12.4. The molecule has 4 aromatic carbocycles. The Bertz CT molecular complexity index is 1490. The Balaban J connectivity index is 1.18. The van der Waals surface area contributed by atoms with E-state index in [1.54, 1.807) is 30.3 Å². The van der Waals surface area contributed by atoms with Gasteiger partial charge in [0.15, 0.2) is 18.1 Å². The van der Waals surface area contributed by atoms with E-state index >= 15 is 0 Å². The summed E-state index contributed by atoms with van der Waals surface area (Å²) in [7, 11) is -3.83. The zero-order chi connectivity index (χ0) is 24.3. The lowest BCUT2D eigenvalue weighted by molar-refractivity contribution is -0.118. The van der Waals surface area contributed by atoms with Crippen LogP contribution in [0.1, 0.15) is 0 Å². The Kier molecular flexibility index (Phi) is 6.15. The highest BCUT2D eigenvalue weighted by molar-refractivity contribution is 7.92. The topological polar surface area (TPSA) is 103 Å². The third-order valence-corrected chi connectivity index (χ3v) is 6.71. The van der Waals surface area contributed by atoms with Gasteiger partial charge < -0.3 is 19.5 Å². The summed E-state index contributed by atoms with van der Waals surface area (Å²) in [6, 6.07) is 24.3. The number of anilines is 2. The molecule has 0 atom stereocenters. The van der Waals surface area contributed by atoms with E-state index in [9.17, 15) is 13.2 Å². The van der Waals surface area contributed by atoms with Gasteiger partial charge in [0.1, 0.15) is 19.0 Å². The van der Waals surface area contributed by atoms with Crippen LogP contribution in [0.3, 0.4) is 0 Å². The van der Waals surface area contributed by atoms with E-state index in [0.29, 0.717) is 41.8 Å². The molecule has 0 aromatic heterocycles. The lowest BCUT2D eigenvalue weighted by Gasteiger charge is -2.19. The van der Waals surface area contributed by atoms with Crippen LogP contribution in [0.15, 0.2) is 89.8 Å². The van der Waals surface area contributed by atoms with Crippen LogP contribution in [-0.2, 0) is 14.8 Å². The summed E-state index contributed by atoms with van der Waals surface area (Å²) in [6.07, 6.45) is 0. The zero-order valence-electron chi connectivity index (χ0n) is 18.6. The van der Waals surface area contributed by atoms with Gasteiger partial charge >= 0.3 is 0 Å². The first-order valence-corrected chi connectivity index (χ1v) is 12.4. The van der Waals surface area contributed by atoms with E-state index in [4.69, 9.17) is 14.2 Å². The monoisotopic (exact) mass is 490 g/mol. The largest absolute Gasteiger partial charge is 0.486 e. The van der Waals surface area contributed by atoms with Crippen molar-refractivity contribution in [3.05, 3.63) is 84.9 Å². The smallest absolute Gasteiger partial charge is 0.262 e. The van der Waals surface area contributed by atoms with Crippen molar-refractivity contribution in [2.75, 3.05) is 29.9 Å². The van der Waals surface area contributed by atoms with Crippen molar-refractivity contribution in [3.63, 3.8) is 0 Å². The van der Waals surface area contributed by atoms with Gasteiger partial charge in [-0.15, -0.1) is 0 Å². The van der Waals surface area contributed by atoms with E-state index in [-0.39, 0.29) is 17.4 Å². The van der Waals surface area contributed by atoms with Crippen molar-refractivity contribution >= 4 is 38.1 Å². The molecule has 0 aliphatic carbocycles. The molecule has 178 valence electrons. The lowest BCUT2D eigenvalue weighted by atomic mass is 10.1. The van der Waals surface area contributed by atoms with Crippen molar-refractivity contribution in [3.8, 4) is 17.2 Å². The maximum atomic E-state index is 12.8. The fourth-order valence-electron chi connectivity index (χ4n) is 3.63. The summed E-state index contributed by atoms with van der Waals surface area (Å²) in [5.74, 6) is 1.17. The van der Waals surface area contributed by atoms with Crippen LogP contribution in [0.2, 0.25) is 0 Å². The first-order chi connectivity index (χ1) is 17.0. The number of amides is 1. The van der Waals surface area contributed by atoms with Crippen LogP contribution < -0.4 is 24.2 Å². The fourth-order valence-corrected chi connectivity index (χ4v) is 4.70. The van der Waals surface area contributed by atoms with Crippen LogP contribution in [0, 0.1) is 0 Å². The Hall–Kier alpha value is -4.24. The van der Waals surface area contributed by atoms with E-state index < -0.39 is 10.0 Å². The van der Waals surface area contributed by atoms with Gasteiger partial charge in [-0.25, -0.2) is 8.42 Å². The number of carbonyl (C=O) groups excluding carboxylic acids is 1. The van der Waals surface area contributed by atoms with Gasteiger partial charge in [-0.3, -0.25) is 9.52 Å². The standard InChI is InChI=1S/C26H22N2O6S/c29-26(17-34-22-10-5-18-3-1-2-4-19(18)15-22)27-20-6-8-21(9-7-20)28-35(30,31)23-11-12-24-25(16-23)33-14-13-32-24/h1-12,15-16,28H,13-14,17H2,(H,27,29). The highest BCUT2D eigenvalue weighted by Crippen LogP contribution is 2.32. The molecule has 0 bridgehead atoms. The van der Waals surface area contributed by atoms with Crippen LogP contribution >= 0.6 is 0 Å². The molecule has 0 radical (unpaired) electrons. The maximum Gasteiger partial charge on any atom is 0.262 e. The number of sulfonamides is 1. The normalized spacial score (nSPS) is 12.7. The molecule has 8 nitrogen and oxygen atoms in total. The van der Waals surface area contributed by atoms with Crippen molar-refractivity contribution in [2.45, 2.75) is 4.90 Å². The van der Waals surface area contributed by atoms with Gasteiger partial charge in [0, 0.05) is 17.4 Å². The molecular formula is C26H22N2O6S. The van der Waals surface area contributed by atoms with Crippen molar-refractivity contribution in [2.24, 2.45) is 0 Å². The van der Waals surface area contributed by atoms with Crippen molar-refractivity contribution < 1.29 is 27.4 Å². The first-order valence-electron chi connectivity index (χ1n) is 10.9. The molecular weight excluding hydrogens is 468 g/mol. The first kappa shape index (κ1) is 22.5. The number of fused-ring (bicyclic) bond motifs is 2. The van der Waals surface area contributed by atoms with E-state index in [2.05, 4.69) is 10.0 Å². The summed E-state index contributed by atoms with van der Waals surface area (Å²) in [5, 5.41) is 4.85. The van der Waals surface area contributed by atoms with E-state index in [1.165, 1.54) is 12.1 Å². The van der Waals surface area contributed by atoms with Crippen molar-refractivity contribution in [1.82, 2.24) is 0 Å². The molecule has 5 rings (SSSR count). The molecule has 35 heavy (non-hydrogen) atoms. The van der Waals surface area contributed by atoms with E-state index in [0.717, 1.165) is 10.8 Å². The Labute approximate surface area is 202 Å². The molecule has 0 fully saturated rings. The Morgan fingerprint density at radius 1 is 0.800 bits per heavy atom. The van der Waals surface area contributed by atoms with Crippen LogP contribution in [-0.4, -0.2) is 34.1 Å². The minimum atomic E-state index is -3.83. The number of carbonyl (C=O) groups is 1. The number of nitrogens with one attached hydrogen (secondary N) is 2. The third-order valence-electron chi connectivity index (χ3n) is 5.34. The maximum absolute atomic E-state index is 12.8. The molecule has 1 aliphatic heterocycles. The number of hydrogen-bond donors (Lipinski definition) is 2. The molecule has 0 spiro atoms. The molecule has 0 saturated carbocycles. The molecule has 9 heteroatoms. The minimum Gasteiger partial charge on any atom is -0.486 e. The van der Waals surface area contributed by atoms with Gasteiger partial charge in [-0.1, -0.05) is 30.3 Å². The fraction of sp³-hybridized carbons (Fsp3) is 0.115. The molecule has 1 aliphatic rings. The summed E-state index contributed by atoms with van der Waals surface area (Å²) in [6.45, 7) is 0.636. The zero-order valence-corrected chi connectivity index (χ0v) is 19.4. The summed E-state index contributed by atoms with van der Waals surface area (Å²) in [5.41, 5.74) is 0.865. The van der Waals surface area contributed by atoms with Crippen LogP contribution in [0.5, 0.6) is 17.2 Å². The second-order valence-corrected chi connectivity index (χ2v) is 9.52. The number of ether oxygens (including phenoxy) is 3. The number of hydrogen-bond acceptors (Lipinski definition) is 6. The highest BCUT2D eigenvalue weighted by atomic mass is 32.2. The average molecular weight is 491 g/mol. The third kappa shape index (κ3) is 5.30. The number of rotatable bonds is 7. The van der Waals surface area contributed by atoms with Gasteiger partial charge in [0.05, 0.1) is 4.90 Å². The lowest BCUT2D eigenvalue weighted by Crippen LogP contribution is -2.20. The Morgan fingerprint density at radius 2 is 1.51 bits per heavy atom. The summed E-state index contributed by atoms with van der Waals surface area (Å²) >= 11 is 0. The van der Waals surface area contributed by atoms with Gasteiger partial charge in [0.2, 0.25) is 0 Å². The number of benzene rings is 4. The van der Waals surface area contributed by atoms with Gasteiger partial charge in [0.25, 0.3) is 15.9 Å². The second kappa shape index (κ2) is 9.55. The molecule has 2 N–H and O–H groups in total. The quantitative estimate of drug-likeness (QED) is 0.397. The molecule has 0 unspecified atom stereocenters. The molecule has 1 amide bonds. The predicted molar refractivity (Wildman–Crippen MR) is 133 cm³/mol. The van der Waals surface area contributed by atoms with E-state index in [1.807, 2.05) is 42.5 Å². The molecule has 1 heterocycles. The van der Waals surface area contributed by atoms with Crippen molar-refractivity contribution in [1.29, 1.82) is 0 Å². The SMILES string of the molecule is O=C(COc1ccc2ccccc2c1)Nc1ccc(NS(=O)(=O)c2ccc3c(c2)OCCO3)cc1. The average Bonchev–Trinajstić information content (AvgIpc) is 2.88. The predicted octanol–water partition coefficient (Wildman–Crippen LogP) is 4.43. The molecule has 4 aromatic rings. The second-order valence-electron chi connectivity index (χ2n) is 7.83. The highest BCUT2D eigenvalue weighted by Gasteiger charge is 2.19. The van der Waals surface area contributed by atoms with Crippen LogP contribution in [0.25, 0.3) is 10.8 Å². The van der Waals surface area contributed by atoms with Crippen LogP contribution in [0.4, 0.5) is 11.4 Å². The molecule has 0 saturated heterocycles. The minimum absolute atomic E-state index is 0.0602.